The Morgan fingerprint density at radius 1 is 1.62 bits per heavy atom. The van der Waals surface area contributed by atoms with E-state index in [0.717, 1.165) is 0 Å². The van der Waals surface area contributed by atoms with E-state index in [-0.39, 0.29) is 0 Å². The molecule has 0 saturated heterocycles. The third-order valence-corrected chi connectivity index (χ3v) is 2.62. The minimum atomic E-state index is -0.939. The van der Waals surface area contributed by atoms with E-state index in [4.69, 9.17) is 9.84 Å². The van der Waals surface area contributed by atoms with Crippen molar-refractivity contribution in [1.29, 1.82) is 0 Å². The quantitative estimate of drug-likeness (QED) is 0.777. The van der Waals surface area contributed by atoms with Crippen LogP contribution in [0.5, 0.6) is 0 Å². The van der Waals surface area contributed by atoms with Crippen molar-refractivity contribution in [3.63, 3.8) is 0 Å². The molecule has 1 rings (SSSR count). The number of hydrogen-bond acceptors (Lipinski definition) is 4. The molecule has 0 fully saturated rings. The Morgan fingerprint density at radius 3 is 2.75 bits per heavy atom. The predicted octanol–water partition coefficient (Wildman–Crippen LogP) is 0.794. The first kappa shape index (κ1) is 12.6. The number of methoxy groups -OCH3 is 1. The number of rotatable bonds is 6. The average molecular weight is 227 g/mol. The van der Waals surface area contributed by atoms with Crippen molar-refractivity contribution in [1.82, 2.24) is 14.8 Å². The Hall–Kier alpha value is -1.43. The second-order valence-electron chi connectivity index (χ2n) is 4.35. The molecule has 0 bridgehead atoms. The highest BCUT2D eigenvalue weighted by molar-refractivity contribution is 5.73. The maximum atomic E-state index is 11.0. The fourth-order valence-corrected chi connectivity index (χ4v) is 1.64. The molecule has 1 N–H and O–H groups in total. The Kier molecular flexibility index (Phi) is 4.00. The van der Waals surface area contributed by atoms with E-state index in [2.05, 4.69) is 10.1 Å². The SMILES string of the molecule is COC(C(=O)O)C(C)(C)CCn1cncn1. The number of nitrogens with zero attached hydrogens (tertiary/aromatic N) is 3. The van der Waals surface area contributed by atoms with Crippen LogP contribution >= 0.6 is 0 Å². The molecule has 1 unspecified atom stereocenters. The molecule has 0 aliphatic carbocycles. The summed E-state index contributed by atoms with van der Waals surface area (Å²) in [6.45, 7) is 4.36. The first-order chi connectivity index (χ1) is 7.47. The maximum Gasteiger partial charge on any atom is 0.333 e. The monoisotopic (exact) mass is 227 g/mol. The zero-order valence-electron chi connectivity index (χ0n) is 9.75. The van der Waals surface area contributed by atoms with Gasteiger partial charge < -0.3 is 9.84 Å². The normalized spacial score (nSPS) is 13.7. The van der Waals surface area contributed by atoms with E-state index in [0.29, 0.717) is 13.0 Å². The van der Waals surface area contributed by atoms with Crippen LogP contribution < -0.4 is 0 Å². The third-order valence-electron chi connectivity index (χ3n) is 2.62. The summed E-state index contributed by atoms with van der Waals surface area (Å²) in [6, 6.07) is 0. The van der Waals surface area contributed by atoms with Crippen LogP contribution in [0.1, 0.15) is 20.3 Å². The summed E-state index contributed by atoms with van der Waals surface area (Å²) in [4.78, 5) is 14.8. The van der Waals surface area contributed by atoms with Crippen molar-refractivity contribution in [3.8, 4) is 0 Å². The van der Waals surface area contributed by atoms with Crippen LogP contribution in [-0.2, 0) is 16.1 Å². The van der Waals surface area contributed by atoms with Crippen molar-refractivity contribution >= 4 is 5.97 Å². The lowest BCUT2D eigenvalue weighted by atomic mass is 9.83. The summed E-state index contributed by atoms with van der Waals surface area (Å²) in [5.74, 6) is -0.939. The molecule has 1 heterocycles. The van der Waals surface area contributed by atoms with Gasteiger partial charge in [-0.25, -0.2) is 9.78 Å². The van der Waals surface area contributed by atoms with Crippen molar-refractivity contribution in [3.05, 3.63) is 12.7 Å². The van der Waals surface area contributed by atoms with Gasteiger partial charge in [-0.1, -0.05) is 13.8 Å². The van der Waals surface area contributed by atoms with Gasteiger partial charge in [0.05, 0.1) is 0 Å². The van der Waals surface area contributed by atoms with Crippen molar-refractivity contribution < 1.29 is 14.6 Å². The number of aryl methyl sites for hydroxylation is 1. The van der Waals surface area contributed by atoms with Crippen LogP contribution in [0, 0.1) is 5.41 Å². The molecule has 0 saturated carbocycles. The van der Waals surface area contributed by atoms with Gasteiger partial charge in [-0.3, -0.25) is 4.68 Å². The van der Waals surface area contributed by atoms with Gasteiger partial charge in [0, 0.05) is 19.1 Å². The minimum Gasteiger partial charge on any atom is -0.479 e. The first-order valence-electron chi connectivity index (χ1n) is 5.05. The maximum absolute atomic E-state index is 11.0. The van der Waals surface area contributed by atoms with Gasteiger partial charge in [-0.15, -0.1) is 0 Å². The van der Waals surface area contributed by atoms with E-state index in [9.17, 15) is 4.79 Å². The topological polar surface area (TPSA) is 77.2 Å². The number of carboxylic acid groups (broad SMARTS) is 1. The fraction of sp³-hybridized carbons (Fsp3) is 0.700. The molecule has 90 valence electrons. The molecule has 1 aromatic rings. The molecule has 0 aliphatic rings. The molecule has 16 heavy (non-hydrogen) atoms. The number of aromatic nitrogens is 3. The lowest BCUT2D eigenvalue weighted by Crippen LogP contribution is -2.38. The summed E-state index contributed by atoms with van der Waals surface area (Å²) in [5, 5.41) is 13.0. The van der Waals surface area contributed by atoms with Gasteiger partial charge in [0.2, 0.25) is 0 Å². The van der Waals surface area contributed by atoms with Crippen LogP contribution in [0.3, 0.4) is 0 Å². The summed E-state index contributed by atoms with van der Waals surface area (Å²) < 4.78 is 6.68. The molecular formula is C10H17N3O3. The molecule has 0 radical (unpaired) electrons. The summed E-state index contributed by atoms with van der Waals surface area (Å²) in [7, 11) is 1.41. The van der Waals surface area contributed by atoms with Crippen LogP contribution in [0.25, 0.3) is 0 Å². The number of aliphatic carboxylic acids is 1. The van der Waals surface area contributed by atoms with E-state index in [1.807, 2.05) is 13.8 Å². The number of carboxylic acids is 1. The van der Waals surface area contributed by atoms with Gasteiger partial charge >= 0.3 is 5.97 Å². The highest BCUT2D eigenvalue weighted by Gasteiger charge is 2.35. The molecule has 0 aliphatic heterocycles. The largest absolute Gasteiger partial charge is 0.479 e. The zero-order chi connectivity index (χ0) is 12.2. The highest BCUT2D eigenvalue weighted by atomic mass is 16.5. The molecule has 0 spiro atoms. The lowest BCUT2D eigenvalue weighted by Gasteiger charge is -2.30. The third kappa shape index (κ3) is 3.03. The lowest BCUT2D eigenvalue weighted by molar-refractivity contribution is -0.156. The second-order valence-corrected chi connectivity index (χ2v) is 4.35. The molecule has 0 aromatic carbocycles. The van der Waals surface area contributed by atoms with Gasteiger partial charge in [0.25, 0.3) is 0 Å². The Balaban J connectivity index is 2.59. The highest BCUT2D eigenvalue weighted by Crippen LogP contribution is 2.28. The smallest absolute Gasteiger partial charge is 0.333 e. The number of carbonyl (C=O) groups is 1. The minimum absolute atomic E-state index is 0.452. The van der Waals surface area contributed by atoms with Gasteiger partial charge in [-0.05, 0) is 6.42 Å². The van der Waals surface area contributed by atoms with Gasteiger partial charge in [0.15, 0.2) is 6.10 Å². The predicted molar refractivity (Wildman–Crippen MR) is 56.9 cm³/mol. The molecule has 6 heteroatoms. The van der Waals surface area contributed by atoms with Crippen molar-refractivity contribution in [2.75, 3.05) is 7.11 Å². The van der Waals surface area contributed by atoms with Crippen molar-refractivity contribution in [2.24, 2.45) is 5.41 Å². The summed E-state index contributed by atoms with van der Waals surface area (Å²) in [5.41, 5.74) is -0.452. The van der Waals surface area contributed by atoms with Crippen LogP contribution in [0.15, 0.2) is 12.7 Å². The van der Waals surface area contributed by atoms with E-state index < -0.39 is 17.5 Å². The Morgan fingerprint density at radius 2 is 2.31 bits per heavy atom. The van der Waals surface area contributed by atoms with E-state index >= 15 is 0 Å². The summed E-state index contributed by atoms with van der Waals surface area (Å²) in [6.07, 6.45) is 2.91. The Labute approximate surface area is 94.2 Å². The molecule has 0 amide bonds. The van der Waals surface area contributed by atoms with Gasteiger partial charge in [-0.2, -0.15) is 5.10 Å². The second kappa shape index (κ2) is 5.07. The van der Waals surface area contributed by atoms with E-state index in [1.54, 1.807) is 11.0 Å². The standard InChI is InChI=1S/C10H17N3O3/c1-10(2,8(16-3)9(14)15)4-5-13-7-11-6-12-13/h6-8H,4-5H2,1-3H3,(H,14,15). The molecular weight excluding hydrogens is 210 g/mol. The van der Waals surface area contributed by atoms with Crippen LogP contribution in [0.4, 0.5) is 0 Å². The van der Waals surface area contributed by atoms with Crippen molar-refractivity contribution in [2.45, 2.75) is 32.9 Å². The van der Waals surface area contributed by atoms with Crippen LogP contribution in [-0.4, -0.2) is 39.1 Å². The molecule has 1 atom stereocenters. The van der Waals surface area contributed by atoms with Crippen LogP contribution in [0.2, 0.25) is 0 Å². The fourth-order valence-electron chi connectivity index (χ4n) is 1.64. The van der Waals surface area contributed by atoms with Gasteiger partial charge in [0.1, 0.15) is 12.7 Å². The number of hydrogen-bond donors (Lipinski definition) is 1. The number of ether oxygens (including phenoxy) is 1. The molecule has 6 nitrogen and oxygen atoms in total. The first-order valence-corrected chi connectivity index (χ1v) is 5.05. The zero-order valence-corrected chi connectivity index (χ0v) is 9.75. The van der Waals surface area contributed by atoms with E-state index in [1.165, 1.54) is 13.4 Å². The molecule has 1 aromatic heterocycles. The average Bonchev–Trinajstić information content (AvgIpc) is 2.67. The Bertz CT molecular complexity index is 335. The summed E-state index contributed by atoms with van der Waals surface area (Å²) >= 11 is 0.